The lowest BCUT2D eigenvalue weighted by atomic mass is 10.1. The second-order valence-corrected chi connectivity index (χ2v) is 8.06. The quantitative estimate of drug-likeness (QED) is 0.467. The van der Waals surface area contributed by atoms with Crippen molar-refractivity contribution >= 4 is 33.2 Å². The first-order valence-corrected chi connectivity index (χ1v) is 10.0. The highest BCUT2D eigenvalue weighted by molar-refractivity contribution is 7.19. The largest absolute Gasteiger partial charge is 0.493 e. The molecule has 0 saturated carbocycles. The monoisotopic (exact) mass is 427 g/mol. The third-order valence-corrected chi connectivity index (χ3v) is 5.74. The molecular weight excluding hydrogens is 410 g/mol. The first-order chi connectivity index (χ1) is 14.0. The summed E-state index contributed by atoms with van der Waals surface area (Å²) in [6.45, 7) is 2.20. The van der Waals surface area contributed by atoms with Crippen LogP contribution in [0.4, 0.5) is 0 Å². The van der Waals surface area contributed by atoms with Gasteiger partial charge in [0.25, 0.3) is 5.56 Å². The minimum absolute atomic E-state index is 0.219. The summed E-state index contributed by atoms with van der Waals surface area (Å²) < 4.78 is 13.0. The lowest BCUT2D eigenvalue weighted by molar-refractivity contribution is 0.355. The van der Waals surface area contributed by atoms with Crippen molar-refractivity contribution in [1.29, 1.82) is 0 Å². The first kappa shape index (κ1) is 19.4. The second-order valence-electron chi connectivity index (χ2n) is 6.42. The van der Waals surface area contributed by atoms with E-state index in [1.807, 2.05) is 37.3 Å². The van der Waals surface area contributed by atoms with Crippen molar-refractivity contribution in [2.24, 2.45) is 0 Å². The van der Waals surface area contributed by atoms with Gasteiger partial charge in [-0.1, -0.05) is 23.7 Å². The summed E-state index contributed by atoms with van der Waals surface area (Å²) in [4.78, 5) is 17.5. The Morgan fingerprint density at radius 3 is 2.48 bits per heavy atom. The van der Waals surface area contributed by atoms with Crippen molar-refractivity contribution in [2.45, 2.75) is 13.5 Å². The van der Waals surface area contributed by atoms with Crippen LogP contribution in [-0.4, -0.2) is 29.0 Å². The second kappa shape index (κ2) is 7.85. The highest BCUT2D eigenvalue weighted by Crippen LogP contribution is 2.35. The summed E-state index contributed by atoms with van der Waals surface area (Å²) in [7, 11) is 3.18. The van der Waals surface area contributed by atoms with Gasteiger partial charge in [0.2, 0.25) is 0 Å². The number of hydrogen-bond acceptors (Lipinski definition) is 6. The Morgan fingerprint density at radius 2 is 1.79 bits per heavy atom. The molecule has 0 aliphatic rings. The van der Waals surface area contributed by atoms with Gasteiger partial charge < -0.3 is 9.47 Å². The molecule has 0 N–H and O–H groups in total. The molecule has 148 valence electrons. The van der Waals surface area contributed by atoms with Gasteiger partial charge in [0.05, 0.1) is 30.5 Å². The fourth-order valence-electron chi connectivity index (χ4n) is 3.11. The van der Waals surface area contributed by atoms with E-state index in [4.69, 9.17) is 21.1 Å². The van der Waals surface area contributed by atoms with Crippen LogP contribution in [0, 0.1) is 6.92 Å². The predicted octanol–water partition coefficient (Wildman–Crippen LogP) is 4.55. The molecule has 29 heavy (non-hydrogen) atoms. The zero-order valence-corrected chi connectivity index (χ0v) is 17.7. The maximum Gasteiger partial charge on any atom is 0.294 e. The molecule has 2 aromatic carbocycles. The number of fused-ring (bicyclic) bond motifs is 1. The third kappa shape index (κ3) is 3.71. The molecule has 4 rings (SSSR count). The summed E-state index contributed by atoms with van der Waals surface area (Å²) >= 11 is 7.42. The molecule has 0 saturated heterocycles. The zero-order valence-electron chi connectivity index (χ0n) is 16.1. The van der Waals surface area contributed by atoms with Crippen molar-refractivity contribution in [2.75, 3.05) is 14.2 Å². The highest BCUT2D eigenvalue weighted by Gasteiger charge is 2.18. The molecule has 2 heterocycles. The van der Waals surface area contributed by atoms with Crippen molar-refractivity contribution in [1.82, 2.24) is 14.8 Å². The van der Waals surface area contributed by atoms with Crippen LogP contribution >= 0.6 is 22.9 Å². The Labute approximate surface area is 176 Å². The summed E-state index contributed by atoms with van der Waals surface area (Å²) in [5, 5.41) is 6.13. The fourth-order valence-corrected chi connectivity index (χ4v) is 4.15. The van der Waals surface area contributed by atoms with E-state index in [0.29, 0.717) is 34.3 Å². The number of rotatable bonds is 5. The molecule has 6 nitrogen and oxygen atoms in total. The van der Waals surface area contributed by atoms with E-state index in [0.717, 1.165) is 20.8 Å². The molecule has 0 fully saturated rings. The van der Waals surface area contributed by atoms with Crippen molar-refractivity contribution < 1.29 is 9.47 Å². The van der Waals surface area contributed by atoms with Gasteiger partial charge in [0, 0.05) is 10.6 Å². The van der Waals surface area contributed by atoms with Crippen molar-refractivity contribution in [3.05, 3.63) is 68.4 Å². The number of nitrogens with zero attached hydrogens (tertiary/aromatic N) is 3. The van der Waals surface area contributed by atoms with Crippen LogP contribution in [0.5, 0.6) is 11.5 Å². The Kier molecular flexibility index (Phi) is 5.25. The van der Waals surface area contributed by atoms with E-state index in [2.05, 4.69) is 10.1 Å². The minimum Gasteiger partial charge on any atom is -0.493 e. The molecule has 0 amide bonds. The van der Waals surface area contributed by atoms with Gasteiger partial charge in [-0.2, -0.15) is 5.10 Å². The predicted molar refractivity (Wildman–Crippen MR) is 116 cm³/mol. The number of aromatic nitrogens is 3. The van der Waals surface area contributed by atoms with Crippen LogP contribution in [0.25, 0.3) is 21.5 Å². The topological polar surface area (TPSA) is 66.2 Å². The van der Waals surface area contributed by atoms with Crippen LogP contribution in [0.15, 0.2) is 47.3 Å². The first-order valence-electron chi connectivity index (χ1n) is 8.85. The highest BCUT2D eigenvalue weighted by atomic mass is 35.5. The Bertz CT molecular complexity index is 1250. The Hall–Kier alpha value is -2.90. The molecule has 4 aromatic rings. The summed E-state index contributed by atoms with van der Waals surface area (Å²) in [6.07, 6.45) is 0. The van der Waals surface area contributed by atoms with E-state index in [1.54, 1.807) is 26.4 Å². The molecule has 0 aliphatic carbocycles. The van der Waals surface area contributed by atoms with E-state index in [1.165, 1.54) is 16.0 Å². The number of ether oxygens (including phenoxy) is 2. The van der Waals surface area contributed by atoms with Crippen molar-refractivity contribution in [3.8, 4) is 22.8 Å². The number of benzene rings is 2. The van der Waals surface area contributed by atoms with Crippen LogP contribution in [-0.2, 0) is 6.54 Å². The number of halogens is 1. The SMILES string of the molecule is COc1ccc(-c2nn(Cc3ccc(Cl)cc3)c(=O)c3nc(C)sc23)cc1OC. The Morgan fingerprint density at radius 1 is 1.07 bits per heavy atom. The molecule has 0 aliphatic heterocycles. The lowest BCUT2D eigenvalue weighted by Crippen LogP contribution is -2.24. The normalized spacial score (nSPS) is 11.0. The Balaban J connectivity index is 1.90. The summed E-state index contributed by atoms with van der Waals surface area (Å²) in [6, 6.07) is 12.9. The molecule has 0 unspecified atom stereocenters. The summed E-state index contributed by atoms with van der Waals surface area (Å²) in [5.74, 6) is 1.22. The smallest absolute Gasteiger partial charge is 0.294 e. The number of methoxy groups -OCH3 is 2. The average molecular weight is 428 g/mol. The molecule has 0 atom stereocenters. The minimum atomic E-state index is -0.219. The van der Waals surface area contributed by atoms with Gasteiger partial charge in [-0.25, -0.2) is 9.67 Å². The maximum atomic E-state index is 13.0. The number of thiazole rings is 1. The number of hydrogen-bond donors (Lipinski definition) is 0. The standard InChI is InChI=1S/C21H18ClN3O3S/c1-12-23-19-20(29-12)18(14-6-9-16(27-2)17(10-14)28-3)24-25(21(19)26)11-13-4-7-15(22)8-5-13/h4-10H,11H2,1-3H3. The van der Waals surface area contributed by atoms with Crippen LogP contribution < -0.4 is 15.0 Å². The molecule has 8 heteroatoms. The summed E-state index contributed by atoms with van der Waals surface area (Å²) in [5.41, 5.74) is 2.62. The van der Waals surface area contributed by atoms with Gasteiger partial charge in [-0.15, -0.1) is 11.3 Å². The van der Waals surface area contributed by atoms with Crippen LogP contribution in [0.1, 0.15) is 10.6 Å². The van der Waals surface area contributed by atoms with E-state index < -0.39 is 0 Å². The number of aryl methyl sites for hydroxylation is 1. The molecule has 0 bridgehead atoms. The lowest BCUT2D eigenvalue weighted by Gasteiger charge is -2.11. The molecular formula is C21H18ClN3O3S. The van der Waals surface area contributed by atoms with Gasteiger partial charge in [0.1, 0.15) is 5.69 Å². The molecule has 2 aromatic heterocycles. The van der Waals surface area contributed by atoms with Crippen LogP contribution in [0.3, 0.4) is 0 Å². The van der Waals surface area contributed by atoms with Crippen LogP contribution in [0.2, 0.25) is 5.02 Å². The van der Waals surface area contributed by atoms with Gasteiger partial charge >= 0.3 is 0 Å². The van der Waals surface area contributed by atoms with Crippen molar-refractivity contribution in [3.63, 3.8) is 0 Å². The average Bonchev–Trinajstić information content (AvgIpc) is 3.13. The van der Waals surface area contributed by atoms with E-state index in [9.17, 15) is 4.79 Å². The molecule has 0 radical (unpaired) electrons. The maximum absolute atomic E-state index is 13.0. The van der Waals surface area contributed by atoms with Gasteiger partial charge in [-0.05, 0) is 42.8 Å². The fraction of sp³-hybridized carbons (Fsp3) is 0.190. The molecule has 0 spiro atoms. The van der Waals surface area contributed by atoms with E-state index in [-0.39, 0.29) is 5.56 Å². The van der Waals surface area contributed by atoms with Gasteiger partial charge in [-0.3, -0.25) is 4.79 Å². The zero-order chi connectivity index (χ0) is 20.5. The third-order valence-electron chi connectivity index (χ3n) is 4.51. The van der Waals surface area contributed by atoms with E-state index >= 15 is 0 Å². The van der Waals surface area contributed by atoms with Gasteiger partial charge in [0.15, 0.2) is 17.0 Å².